The maximum Gasteiger partial charge on any atom is 0.332 e. The van der Waals surface area contributed by atoms with Crippen molar-refractivity contribution >= 4 is 17.1 Å². The molecule has 3 aromatic rings. The summed E-state index contributed by atoms with van der Waals surface area (Å²) in [4.78, 5) is 33.1. The van der Waals surface area contributed by atoms with Crippen molar-refractivity contribution in [1.29, 1.82) is 0 Å². The summed E-state index contributed by atoms with van der Waals surface area (Å²) in [6.07, 6.45) is 0.790. The van der Waals surface area contributed by atoms with Gasteiger partial charge in [0.1, 0.15) is 0 Å². The topological polar surface area (TPSA) is 65.1 Å². The smallest absolute Gasteiger partial charge is 0.332 e. The minimum atomic E-state index is -0.291. The molecule has 0 fully saturated rings. The zero-order valence-electron chi connectivity index (χ0n) is 17.6. The first kappa shape index (κ1) is 19.5. The number of rotatable bonds is 5. The van der Waals surface area contributed by atoms with E-state index in [1.165, 1.54) is 14.7 Å². The van der Waals surface area contributed by atoms with Gasteiger partial charge in [-0.3, -0.25) is 13.9 Å². The van der Waals surface area contributed by atoms with E-state index in [2.05, 4.69) is 37.8 Å². The van der Waals surface area contributed by atoms with E-state index in [1.807, 2.05) is 22.8 Å². The molecule has 0 N–H and O–H groups in total. The number of aryl methyl sites for hydroxylation is 1. The molecule has 0 radical (unpaired) electrons. The van der Waals surface area contributed by atoms with Gasteiger partial charge in [0.15, 0.2) is 11.2 Å². The normalized spacial score (nSPS) is 16.6. The van der Waals surface area contributed by atoms with Gasteiger partial charge in [-0.1, -0.05) is 51.1 Å². The molecular formula is C22H29N5O2. The lowest BCUT2D eigenvalue weighted by Crippen LogP contribution is -2.41. The van der Waals surface area contributed by atoms with Crippen molar-refractivity contribution in [1.82, 2.24) is 18.7 Å². The first-order valence-corrected chi connectivity index (χ1v) is 10.4. The fourth-order valence-electron chi connectivity index (χ4n) is 4.13. The predicted octanol–water partition coefficient (Wildman–Crippen LogP) is 2.60. The Hall–Kier alpha value is -2.83. The van der Waals surface area contributed by atoms with Crippen LogP contribution in [0.25, 0.3) is 11.2 Å². The van der Waals surface area contributed by atoms with E-state index in [-0.39, 0.29) is 11.2 Å². The van der Waals surface area contributed by atoms with Crippen LogP contribution in [0.15, 0.2) is 39.9 Å². The van der Waals surface area contributed by atoms with Crippen LogP contribution in [-0.2, 0) is 26.7 Å². The second-order valence-electron chi connectivity index (χ2n) is 8.65. The van der Waals surface area contributed by atoms with E-state index in [4.69, 9.17) is 4.98 Å². The molecular weight excluding hydrogens is 366 g/mol. The molecule has 1 aliphatic rings. The number of imidazole rings is 1. The molecule has 7 nitrogen and oxygen atoms in total. The van der Waals surface area contributed by atoms with Gasteiger partial charge in [0.05, 0.1) is 0 Å². The van der Waals surface area contributed by atoms with Gasteiger partial charge in [-0.2, -0.15) is 4.98 Å². The van der Waals surface area contributed by atoms with Crippen LogP contribution >= 0.6 is 0 Å². The Labute approximate surface area is 170 Å². The minimum Gasteiger partial charge on any atom is -0.338 e. The Kier molecular flexibility index (Phi) is 5.06. The Morgan fingerprint density at radius 1 is 1.14 bits per heavy atom. The van der Waals surface area contributed by atoms with Gasteiger partial charge in [0.2, 0.25) is 5.95 Å². The summed E-state index contributed by atoms with van der Waals surface area (Å²) < 4.78 is 4.91. The summed E-state index contributed by atoms with van der Waals surface area (Å²) in [7, 11) is 1.71. The molecule has 7 heteroatoms. The zero-order chi connectivity index (χ0) is 20.7. The average molecular weight is 396 g/mol. The van der Waals surface area contributed by atoms with E-state index < -0.39 is 0 Å². The van der Waals surface area contributed by atoms with E-state index >= 15 is 0 Å². The lowest BCUT2D eigenvalue weighted by Gasteiger charge is -2.33. The van der Waals surface area contributed by atoms with Gasteiger partial charge in [0.25, 0.3) is 5.56 Å². The second-order valence-corrected chi connectivity index (χ2v) is 8.65. The van der Waals surface area contributed by atoms with E-state index in [9.17, 15) is 9.59 Å². The van der Waals surface area contributed by atoms with Crippen LogP contribution < -0.4 is 16.1 Å². The van der Waals surface area contributed by atoms with Gasteiger partial charge in [-0.05, 0) is 23.8 Å². The maximum atomic E-state index is 13.3. The lowest BCUT2D eigenvalue weighted by atomic mass is 10.1. The van der Waals surface area contributed by atoms with Crippen LogP contribution in [0.3, 0.4) is 0 Å². The molecule has 1 aromatic carbocycles. The first-order valence-electron chi connectivity index (χ1n) is 10.4. The third-order valence-electron chi connectivity index (χ3n) is 5.67. The van der Waals surface area contributed by atoms with Gasteiger partial charge in [-0.25, -0.2) is 4.79 Å². The summed E-state index contributed by atoms with van der Waals surface area (Å²) in [6.45, 7) is 9.14. The number of hydrogen-bond acceptors (Lipinski definition) is 4. The van der Waals surface area contributed by atoms with Crippen molar-refractivity contribution in [3.05, 3.63) is 56.7 Å². The Bertz CT molecular complexity index is 1140. The molecule has 154 valence electrons. The number of nitrogens with zero attached hydrogens (tertiary/aromatic N) is 5. The fourth-order valence-corrected chi connectivity index (χ4v) is 4.13. The molecule has 0 spiro atoms. The first-order chi connectivity index (χ1) is 13.9. The predicted molar refractivity (Wildman–Crippen MR) is 115 cm³/mol. The molecule has 4 rings (SSSR count). The monoisotopic (exact) mass is 395 g/mol. The lowest BCUT2D eigenvalue weighted by molar-refractivity contribution is 0.434. The molecule has 1 atom stereocenters. The summed E-state index contributed by atoms with van der Waals surface area (Å²) in [5.41, 5.74) is 1.69. The van der Waals surface area contributed by atoms with Crippen molar-refractivity contribution in [3.63, 3.8) is 0 Å². The highest BCUT2D eigenvalue weighted by Crippen LogP contribution is 2.28. The van der Waals surface area contributed by atoms with Crippen LogP contribution in [0.2, 0.25) is 0 Å². The van der Waals surface area contributed by atoms with E-state index in [1.54, 1.807) is 7.05 Å². The SMILES string of the molecule is CC(C)CCn1c(=O)c2c(nc3n2C[C@@H](C)CN3Cc2ccccc2)n(C)c1=O. The van der Waals surface area contributed by atoms with Crippen molar-refractivity contribution < 1.29 is 0 Å². The molecule has 2 aromatic heterocycles. The van der Waals surface area contributed by atoms with Crippen molar-refractivity contribution in [3.8, 4) is 0 Å². The molecule has 0 aliphatic carbocycles. The second kappa shape index (κ2) is 7.54. The molecule has 3 heterocycles. The Morgan fingerprint density at radius 2 is 1.86 bits per heavy atom. The number of aromatic nitrogens is 4. The van der Waals surface area contributed by atoms with Crippen LogP contribution in [-0.4, -0.2) is 25.2 Å². The van der Waals surface area contributed by atoms with Crippen LogP contribution in [0.4, 0.5) is 5.95 Å². The fraction of sp³-hybridized carbons (Fsp3) is 0.500. The van der Waals surface area contributed by atoms with Crippen LogP contribution in [0.5, 0.6) is 0 Å². The van der Waals surface area contributed by atoms with Crippen molar-refractivity contribution in [2.45, 2.75) is 46.8 Å². The van der Waals surface area contributed by atoms with Crippen molar-refractivity contribution in [2.75, 3.05) is 11.4 Å². The summed E-state index contributed by atoms with van der Waals surface area (Å²) in [5, 5.41) is 0. The van der Waals surface area contributed by atoms with E-state index in [0.29, 0.717) is 29.5 Å². The standard InChI is InChI=1S/C22H29N5O2/c1-15(2)10-11-26-20(28)18-19(24(4)22(26)29)23-21-25(12-16(3)13-27(18)21)14-17-8-6-5-7-9-17/h5-9,15-16H,10-14H2,1-4H3/t16-/m0/s1. The average Bonchev–Trinajstić information content (AvgIpc) is 3.06. The molecule has 29 heavy (non-hydrogen) atoms. The molecule has 1 aliphatic heterocycles. The number of anilines is 1. The van der Waals surface area contributed by atoms with Gasteiger partial charge in [0, 0.05) is 33.2 Å². The van der Waals surface area contributed by atoms with Gasteiger partial charge < -0.3 is 9.47 Å². The molecule has 0 amide bonds. The molecule has 0 saturated heterocycles. The minimum absolute atomic E-state index is 0.226. The summed E-state index contributed by atoms with van der Waals surface area (Å²) in [5.74, 6) is 1.57. The highest BCUT2D eigenvalue weighted by molar-refractivity contribution is 5.75. The molecule has 0 unspecified atom stereocenters. The Morgan fingerprint density at radius 3 is 2.55 bits per heavy atom. The summed E-state index contributed by atoms with van der Waals surface area (Å²) >= 11 is 0. The summed E-state index contributed by atoms with van der Waals surface area (Å²) in [6, 6.07) is 10.3. The zero-order valence-corrected chi connectivity index (χ0v) is 17.6. The number of hydrogen-bond donors (Lipinski definition) is 0. The quantitative estimate of drug-likeness (QED) is 0.666. The number of fused-ring (bicyclic) bond motifs is 3. The van der Waals surface area contributed by atoms with Gasteiger partial charge >= 0.3 is 5.69 Å². The van der Waals surface area contributed by atoms with Crippen LogP contribution in [0, 0.1) is 11.8 Å². The largest absolute Gasteiger partial charge is 0.338 e. The third kappa shape index (κ3) is 3.50. The number of benzene rings is 1. The Balaban J connectivity index is 1.86. The van der Waals surface area contributed by atoms with Gasteiger partial charge in [-0.15, -0.1) is 0 Å². The third-order valence-corrected chi connectivity index (χ3v) is 5.67. The highest BCUT2D eigenvalue weighted by Gasteiger charge is 2.29. The van der Waals surface area contributed by atoms with Crippen molar-refractivity contribution in [2.24, 2.45) is 18.9 Å². The maximum absolute atomic E-state index is 13.3. The molecule has 0 saturated carbocycles. The van der Waals surface area contributed by atoms with Crippen LogP contribution in [0.1, 0.15) is 32.8 Å². The highest BCUT2D eigenvalue weighted by atomic mass is 16.2. The van der Waals surface area contributed by atoms with E-state index in [0.717, 1.165) is 32.0 Å². The molecule has 0 bridgehead atoms.